The first kappa shape index (κ1) is 14.4. The van der Waals surface area contributed by atoms with Crippen LogP contribution in [0.5, 0.6) is 0 Å². The lowest BCUT2D eigenvalue weighted by Gasteiger charge is -2.14. The molecule has 0 unspecified atom stereocenters. The van der Waals surface area contributed by atoms with Crippen LogP contribution in [0.3, 0.4) is 0 Å². The molecule has 0 saturated carbocycles. The first-order chi connectivity index (χ1) is 6.78. The third kappa shape index (κ3) is 6.46. The molecule has 2 N–H and O–H groups in total. The summed E-state index contributed by atoms with van der Waals surface area (Å²) in [5, 5.41) is 8.77. The Kier molecular flexibility index (Phi) is 5.82. The highest BCUT2D eigenvalue weighted by atomic mass is 32.2. The van der Waals surface area contributed by atoms with Crippen LogP contribution in [0.25, 0.3) is 0 Å². The summed E-state index contributed by atoms with van der Waals surface area (Å²) in [7, 11) is -3.48. The fourth-order valence-electron chi connectivity index (χ4n) is 1.23. The molecule has 1 atom stereocenters. The molecule has 0 aliphatic heterocycles. The molecule has 0 amide bonds. The van der Waals surface area contributed by atoms with Crippen molar-refractivity contribution < 1.29 is 18.3 Å². The Morgan fingerprint density at radius 1 is 1.40 bits per heavy atom. The topological polar surface area (TPSA) is 83.5 Å². The van der Waals surface area contributed by atoms with Gasteiger partial charge in [-0.05, 0) is 12.3 Å². The van der Waals surface area contributed by atoms with Gasteiger partial charge in [0.05, 0.1) is 5.75 Å². The van der Waals surface area contributed by atoms with E-state index in [1.54, 1.807) is 13.8 Å². The quantitative estimate of drug-likeness (QED) is 0.686. The van der Waals surface area contributed by atoms with E-state index in [0.29, 0.717) is 12.8 Å². The molecule has 0 aliphatic rings. The molecule has 0 radical (unpaired) electrons. The van der Waals surface area contributed by atoms with E-state index in [2.05, 4.69) is 4.72 Å². The third-order valence-electron chi connectivity index (χ3n) is 1.75. The predicted molar refractivity (Wildman–Crippen MR) is 58.1 cm³/mol. The molecule has 0 fully saturated rings. The number of nitrogens with one attached hydrogen (secondary N) is 1. The summed E-state index contributed by atoms with van der Waals surface area (Å²) >= 11 is 0. The number of carbonyl (C=O) groups is 1. The summed E-state index contributed by atoms with van der Waals surface area (Å²) in [6.45, 7) is 5.36. The van der Waals surface area contributed by atoms with Gasteiger partial charge in [0.1, 0.15) is 6.04 Å². The maximum atomic E-state index is 11.5. The second kappa shape index (κ2) is 6.07. The Labute approximate surface area is 90.9 Å². The van der Waals surface area contributed by atoms with Crippen molar-refractivity contribution in [3.63, 3.8) is 0 Å². The van der Waals surface area contributed by atoms with Crippen molar-refractivity contribution >= 4 is 16.0 Å². The van der Waals surface area contributed by atoms with E-state index >= 15 is 0 Å². The fourth-order valence-corrected chi connectivity index (χ4v) is 2.85. The van der Waals surface area contributed by atoms with E-state index < -0.39 is 22.0 Å². The van der Waals surface area contributed by atoms with E-state index in [1.807, 2.05) is 6.92 Å². The van der Waals surface area contributed by atoms with Crippen LogP contribution in [0, 0.1) is 5.92 Å². The number of aliphatic carboxylic acids is 1. The molecule has 5 nitrogen and oxygen atoms in total. The predicted octanol–water partition coefficient (Wildman–Crippen LogP) is 0.815. The Morgan fingerprint density at radius 2 is 1.93 bits per heavy atom. The average Bonchev–Trinajstić information content (AvgIpc) is 2.00. The molecule has 0 aliphatic carbocycles. The van der Waals surface area contributed by atoms with Crippen LogP contribution in [-0.4, -0.2) is 31.3 Å². The van der Waals surface area contributed by atoms with Crippen LogP contribution >= 0.6 is 0 Å². The minimum absolute atomic E-state index is 0.0152. The van der Waals surface area contributed by atoms with Crippen LogP contribution in [-0.2, 0) is 14.8 Å². The van der Waals surface area contributed by atoms with Crippen LogP contribution in [0.4, 0.5) is 0 Å². The summed E-state index contributed by atoms with van der Waals surface area (Å²) in [5.41, 5.74) is 0. The van der Waals surface area contributed by atoms with Gasteiger partial charge in [-0.25, -0.2) is 13.1 Å². The molecule has 0 bridgehead atoms. The van der Waals surface area contributed by atoms with Gasteiger partial charge in [-0.1, -0.05) is 27.2 Å². The zero-order chi connectivity index (χ0) is 12.1. The van der Waals surface area contributed by atoms with Gasteiger partial charge in [0.2, 0.25) is 10.0 Å². The van der Waals surface area contributed by atoms with Crippen LogP contribution < -0.4 is 4.72 Å². The van der Waals surface area contributed by atoms with Gasteiger partial charge in [0.25, 0.3) is 0 Å². The van der Waals surface area contributed by atoms with E-state index in [9.17, 15) is 13.2 Å². The lowest BCUT2D eigenvalue weighted by atomic mass is 10.2. The van der Waals surface area contributed by atoms with Crippen molar-refractivity contribution in [3.8, 4) is 0 Å². The molecule has 0 rings (SSSR count). The zero-order valence-corrected chi connectivity index (χ0v) is 10.2. The molecule has 0 spiro atoms. The van der Waals surface area contributed by atoms with Crippen molar-refractivity contribution in [1.82, 2.24) is 4.72 Å². The van der Waals surface area contributed by atoms with Gasteiger partial charge < -0.3 is 5.11 Å². The molecule has 90 valence electrons. The summed E-state index contributed by atoms with van der Waals surface area (Å²) in [6, 6.07) is -1.00. The summed E-state index contributed by atoms with van der Waals surface area (Å²) in [4.78, 5) is 10.7. The number of rotatable bonds is 7. The highest BCUT2D eigenvalue weighted by molar-refractivity contribution is 7.89. The first-order valence-electron chi connectivity index (χ1n) is 5.01. The number of hydrogen-bond donors (Lipinski definition) is 2. The normalized spacial score (nSPS) is 14.1. The van der Waals surface area contributed by atoms with Gasteiger partial charge >= 0.3 is 5.97 Å². The standard InChI is InChI=1S/C9H19NO4S/c1-4-5-8(9(11)12)10-15(13,14)6-7(2)3/h7-8,10H,4-6H2,1-3H3,(H,11,12)/t8-/m1/s1. The molecular formula is C9H19NO4S. The second-order valence-corrected chi connectivity index (χ2v) is 5.77. The zero-order valence-electron chi connectivity index (χ0n) is 9.36. The van der Waals surface area contributed by atoms with Gasteiger partial charge in [0.15, 0.2) is 0 Å². The van der Waals surface area contributed by atoms with Crippen LogP contribution in [0.15, 0.2) is 0 Å². The lowest BCUT2D eigenvalue weighted by molar-refractivity contribution is -0.139. The fraction of sp³-hybridized carbons (Fsp3) is 0.889. The summed E-state index contributed by atoms with van der Waals surface area (Å²) < 4.78 is 25.1. The van der Waals surface area contributed by atoms with Gasteiger partial charge in [-0.3, -0.25) is 4.79 Å². The van der Waals surface area contributed by atoms with Crippen molar-refractivity contribution in [1.29, 1.82) is 0 Å². The van der Waals surface area contributed by atoms with E-state index in [-0.39, 0.29) is 11.7 Å². The molecule has 0 aromatic heterocycles. The molecule has 6 heteroatoms. The second-order valence-electron chi connectivity index (χ2n) is 3.97. The molecule has 0 heterocycles. The van der Waals surface area contributed by atoms with Gasteiger partial charge in [-0.2, -0.15) is 0 Å². The van der Waals surface area contributed by atoms with E-state index in [4.69, 9.17) is 5.11 Å². The monoisotopic (exact) mass is 237 g/mol. The largest absolute Gasteiger partial charge is 0.480 e. The van der Waals surface area contributed by atoms with Crippen molar-refractivity contribution in [3.05, 3.63) is 0 Å². The Bertz CT molecular complexity index is 297. The van der Waals surface area contributed by atoms with Crippen LogP contribution in [0.1, 0.15) is 33.6 Å². The molecule has 0 aromatic rings. The number of hydrogen-bond acceptors (Lipinski definition) is 3. The van der Waals surface area contributed by atoms with Crippen LogP contribution in [0.2, 0.25) is 0 Å². The number of carboxylic acids is 1. The smallest absolute Gasteiger partial charge is 0.321 e. The molecule has 0 aromatic carbocycles. The molecule has 15 heavy (non-hydrogen) atoms. The van der Waals surface area contributed by atoms with Crippen molar-refractivity contribution in [2.24, 2.45) is 5.92 Å². The van der Waals surface area contributed by atoms with E-state index in [1.165, 1.54) is 0 Å². The average molecular weight is 237 g/mol. The Morgan fingerprint density at radius 3 is 2.27 bits per heavy atom. The van der Waals surface area contributed by atoms with Crippen molar-refractivity contribution in [2.75, 3.05) is 5.75 Å². The Hall–Kier alpha value is -0.620. The summed E-state index contributed by atoms with van der Waals surface area (Å²) in [6.07, 6.45) is 0.938. The third-order valence-corrected chi connectivity index (χ3v) is 3.50. The summed E-state index contributed by atoms with van der Waals surface area (Å²) in [5.74, 6) is -1.18. The van der Waals surface area contributed by atoms with Crippen molar-refractivity contribution in [2.45, 2.75) is 39.7 Å². The highest BCUT2D eigenvalue weighted by Crippen LogP contribution is 2.03. The molecule has 0 saturated heterocycles. The van der Waals surface area contributed by atoms with Gasteiger partial charge in [0, 0.05) is 0 Å². The minimum Gasteiger partial charge on any atom is -0.480 e. The van der Waals surface area contributed by atoms with Gasteiger partial charge in [-0.15, -0.1) is 0 Å². The Balaban J connectivity index is 4.45. The minimum atomic E-state index is -3.48. The maximum Gasteiger partial charge on any atom is 0.321 e. The SMILES string of the molecule is CCC[C@@H](NS(=O)(=O)CC(C)C)C(=O)O. The highest BCUT2D eigenvalue weighted by Gasteiger charge is 2.23. The van der Waals surface area contributed by atoms with E-state index in [0.717, 1.165) is 0 Å². The number of sulfonamides is 1. The lowest BCUT2D eigenvalue weighted by Crippen LogP contribution is -2.42. The number of carboxylic acid groups (broad SMARTS) is 1. The molecular weight excluding hydrogens is 218 g/mol. The maximum absolute atomic E-state index is 11.5. The first-order valence-corrected chi connectivity index (χ1v) is 6.66.